The lowest BCUT2D eigenvalue weighted by Crippen LogP contribution is -2.45. The second-order valence-corrected chi connectivity index (χ2v) is 8.66. The second kappa shape index (κ2) is 10.5. The van der Waals surface area contributed by atoms with Crippen molar-refractivity contribution in [1.29, 1.82) is 0 Å². The summed E-state index contributed by atoms with van der Waals surface area (Å²) >= 11 is 0. The van der Waals surface area contributed by atoms with Crippen LogP contribution in [0, 0.1) is 5.92 Å². The number of carbonyl (C=O) groups is 3. The summed E-state index contributed by atoms with van der Waals surface area (Å²) in [7, 11) is 0. The predicted molar refractivity (Wildman–Crippen MR) is 122 cm³/mol. The van der Waals surface area contributed by atoms with Gasteiger partial charge in [0.05, 0.1) is 12.2 Å². The van der Waals surface area contributed by atoms with Gasteiger partial charge in [0.1, 0.15) is 5.76 Å². The van der Waals surface area contributed by atoms with Gasteiger partial charge in [0, 0.05) is 50.3 Å². The molecule has 2 fully saturated rings. The number of hydrogen-bond donors (Lipinski definition) is 1. The molecule has 1 aromatic heterocycles. The van der Waals surface area contributed by atoms with Crippen molar-refractivity contribution in [2.24, 2.45) is 5.92 Å². The minimum atomic E-state index is -0.225. The molecule has 1 N–H and O–H groups in total. The van der Waals surface area contributed by atoms with Gasteiger partial charge in [-0.2, -0.15) is 0 Å². The molecule has 2 aliphatic heterocycles. The number of likely N-dealkylation sites (tertiary alicyclic amines) is 2. The van der Waals surface area contributed by atoms with Crippen LogP contribution < -0.4 is 5.32 Å². The molecule has 7 nitrogen and oxygen atoms in total. The van der Waals surface area contributed by atoms with Crippen LogP contribution in [0.3, 0.4) is 0 Å². The molecular formula is C25H31N3O4. The second-order valence-electron chi connectivity index (χ2n) is 8.66. The van der Waals surface area contributed by atoms with E-state index >= 15 is 0 Å². The van der Waals surface area contributed by atoms with E-state index in [1.807, 2.05) is 41.3 Å². The van der Waals surface area contributed by atoms with Gasteiger partial charge in [-0.3, -0.25) is 14.4 Å². The number of rotatable bonds is 6. The maximum atomic E-state index is 12.8. The molecule has 0 radical (unpaired) electrons. The quantitative estimate of drug-likeness (QED) is 0.743. The molecule has 2 saturated heterocycles. The van der Waals surface area contributed by atoms with Crippen molar-refractivity contribution in [2.45, 2.75) is 44.9 Å². The van der Waals surface area contributed by atoms with Crippen LogP contribution in [0.1, 0.15) is 44.9 Å². The van der Waals surface area contributed by atoms with Gasteiger partial charge in [0.25, 0.3) is 0 Å². The molecular weight excluding hydrogens is 406 g/mol. The molecule has 0 aliphatic carbocycles. The van der Waals surface area contributed by atoms with Gasteiger partial charge in [0.15, 0.2) is 0 Å². The number of nitrogens with zero attached hydrogens (tertiary/aromatic N) is 2. The van der Waals surface area contributed by atoms with Gasteiger partial charge in [-0.05, 0) is 62.1 Å². The maximum absolute atomic E-state index is 12.8. The van der Waals surface area contributed by atoms with Crippen LogP contribution in [0.4, 0.5) is 5.69 Å². The van der Waals surface area contributed by atoms with Crippen molar-refractivity contribution < 1.29 is 18.8 Å². The summed E-state index contributed by atoms with van der Waals surface area (Å²) in [5.74, 6) is 0.686. The van der Waals surface area contributed by atoms with E-state index in [-0.39, 0.29) is 23.6 Å². The number of nitrogens with one attached hydrogen (secondary N) is 1. The van der Waals surface area contributed by atoms with Crippen LogP contribution in [0.5, 0.6) is 0 Å². The van der Waals surface area contributed by atoms with Crippen LogP contribution in [0.25, 0.3) is 11.3 Å². The Bertz CT molecular complexity index is 923. The number of benzene rings is 1. The summed E-state index contributed by atoms with van der Waals surface area (Å²) in [6.45, 7) is 2.33. The standard InChI is InChI=1S/C25H31N3O4/c29-23-8-2-1-3-14-27(23)16-13-24(30)28-15-4-6-20(18-28)25(31)26-21-11-9-19(10-12-21)22-7-5-17-32-22/h5,7,9-12,17,20H,1-4,6,8,13-16,18H2,(H,26,31)/t20-/m0/s1. The van der Waals surface area contributed by atoms with Crippen LogP contribution in [0.15, 0.2) is 47.1 Å². The maximum Gasteiger partial charge on any atom is 0.229 e. The molecule has 3 amide bonds. The zero-order valence-corrected chi connectivity index (χ0v) is 18.4. The van der Waals surface area contributed by atoms with Crippen LogP contribution >= 0.6 is 0 Å². The number of anilines is 1. The highest BCUT2D eigenvalue weighted by atomic mass is 16.3. The van der Waals surface area contributed by atoms with Crippen molar-refractivity contribution >= 4 is 23.4 Å². The van der Waals surface area contributed by atoms with Crippen LogP contribution in [-0.4, -0.2) is 53.7 Å². The Morgan fingerprint density at radius 2 is 1.88 bits per heavy atom. The SMILES string of the molecule is O=C(Nc1ccc(-c2ccco2)cc1)[C@H]1CCCN(C(=O)CCN2CCCCCC2=O)C1. The number of amides is 3. The molecule has 2 aromatic rings. The predicted octanol–water partition coefficient (Wildman–Crippen LogP) is 3.92. The number of hydrogen-bond acceptors (Lipinski definition) is 4. The zero-order valence-electron chi connectivity index (χ0n) is 18.4. The van der Waals surface area contributed by atoms with E-state index in [1.165, 1.54) is 0 Å². The Morgan fingerprint density at radius 3 is 2.66 bits per heavy atom. The fraction of sp³-hybridized carbons (Fsp3) is 0.480. The minimum Gasteiger partial charge on any atom is -0.464 e. The molecule has 0 spiro atoms. The monoisotopic (exact) mass is 437 g/mol. The first-order valence-corrected chi connectivity index (χ1v) is 11.6. The molecule has 170 valence electrons. The van der Waals surface area contributed by atoms with E-state index in [2.05, 4.69) is 5.32 Å². The average Bonchev–Trinajstić information content (AvgIpc) is 3.28. The lowest BCUT2D eigenvalue weighted by molar-refractivity contribution is -0.136. The molecule has 3 heterocycles. The van der Waals surface area contributed by atoms with E-state index < -0.39 is 0 Å². The van der Waals surface area contributed by atoms with Crippen LogP contribution in [0.2, 0.25) is 0 Å². The van der Waals surface area contributed by atoms with Gasteiger partial charge in [0.2, 0.25) is 17.7 Å². The third kappa shape index (κ3) is 5.58. The molecule has 0 unspecified atom stereocenters. The fourth-order valence-corrected chi connectivity index (χ4v) is 4.49. The Hall–Kier alpha value is -3.09. The third-order valence-electron chi connectivity index (χ3n) is 6.37. The van der Waals surface area contributed by atoms with E-state index in [0.717, 1.165) is 55.7 Å². The first kappa shape index (κ1) is 22.1. The molecule has 4 rings (SSSR count). The highest BCUT2D eigenvalue weighted by molar-refractivity contribution is 5.93. The summed E-state index contributed by atoms with van der Waals surface area (Å²) in [5.41, 5.74) is 1.68. The summed E-state index contributed by atoms with van der Waals surface area (Å²) in [5, 5.41) is 2.98. The Kier molecular flexibility index (Phi) is 7.24. The third-order valence-corrected chi connectivity index (χ3v) is 6.37. The molecule has 1 atom stereocenters. The van der Waals surface area contributed by atoms with Gasteiger partial charge in [-0.25, -0.2) is 0 Å². The topological polar surface area (TPSA) is 82.9 Å². The number of piperidine rings is 1. The van der Waals surface area contributed by atoms with E-state index in [0.29, 0.717) is 32.5 Å². The normalized spacial score (nSPS) is 19.5. The Labute approximate surface area is 188 Å². The highest BCUT2D eigenvalue weighted by Crippen LogP contribution is 2.23. The molecule has 1 aromatic carbocycles. The van der Waals surface area contributed by atoms with Crippen LogP contribution in [-0.2, 0) is 14.4 Å². The Morgan fingerprint density at radius 1 is 1.03 bits per heavy atom. The van der Waals surface area contributed by atoms with Crippen molar-refractivity contribution in [3.8, 4) is 11.3 Å². The van der Waals surface area contributed by atoms with Gasteiger partial charge in [-0.15, -0.1) is 0 Å². The molecule has 32 heavy (non-hydrogen) atoms. The fourth-order valence-electron chi connectivity index (χ4n) is 4.49. The number of furan rings is 1. The Balaban J connectivity index is 1.27. The summed E-state index contributed by atoms with van der Waals surface area (Å²) in [4.78, 5) is 41.3. The van der Waals surface area contributed by atoms with Crippen molar-refractivity contribution in [3.05, 3.63) is 42.7 Å². The lowest BCUT2D eigenvalue weighted by Gasteiger charge is -2.32. The summed E-state index contributed by atoms with van der Waals surface area (Å²) < 4.78 is 5.39. The summed E-state index contributed by atoms with van der Waals surface area (Å²) in [6, 6.07) is 11.3. The largest absolute Gasteiger partial charge is 0.464 e. The summed E-state index contributed by atoms with van der Waals surface area (Å²) in [6.07, 6.45) is 7.15. The lowest BCUT2D eigenvalue weighted by atomic mass is 9.96. The van der Waals surface area contributed by atoms with Crippen molar-refractivity contribution in [1.82, 2.24) is 9.80 Å². The van der Waals surface area contributed by atoms with Crippen molar-refractivity contribution in [3.63, 3.8) is 0 Å². The smallest absolute Gasteiger partial charge is 0.229 e. The molecule has 7 heteroatoms. The first-order chi connectivity index (χ1) is 15.6. The minimum absolute atomic E-state index is 0.0300. The molecule has 2 aliphatic rings. The zero-order chi connectivity index (χ0) is 22.3. The van der Waals surface area contributed by atoms with E-state index in [4.69, 9.17) is 4.42 Å². The average molecular weight is 438 g/mol. The van der Waals surface area contributed by atoms with Gasteiger partial charge >= 0.3 is 0 Å². The first-order valence-electron chi connectivity index (χ1n) is 11.6. The molecule has 0 saturated carbocycles. The van der Waals surface area contributed by atoms with Crippen molar-refractivity contribution in [2.75, 3.05) is 31.5 Å². The van der Waals surface area contributed by atoms with Gasteiger partial charge < -0.3 is 19.5 Å². The van der Waals surface area contributed by atoms with E-state index in [9.17, 15) is 14.4 Å². The number of carbonyl (C=O) groups excluding carboxylic acids is 3. The highest BCUT2D eigenvalue weighted by Gasteiger charge is 2.29. The molecule has 0 bridgehead atoms. The van der Waals surface area contributed by atoms with Gasteiger partial charge in [-0.1, -0.05) is 6.42 Å². The van der Waals surface area contributed by atoms with E-state index in [1.54, 1.807) is 11.2 Å².